The smallest absolute Gasteiger partial charge is 0.267 e. The van der Waals surface area contributed by atoms with Gasteiger partial charge in [0.25, 0.3) is 5.91 Å². The first kappa shape index (κ1) is 20.1. The molecule has 0 aliphatic carbocycles. The number of hydrogen-bond acceptors (Lipinski definition) is 4. The van der Waals surface area contributed by atoms with Gasteiger partial charge in [-0.2, -0.15) is 0 Å². The molecule has 6 nitrogen and oxygen atoms in total. The van der Waals surface area contributed by atoms with Crippen LogP contribution in [0.2, 0.25) is 0 Å². The molecular weight excluding hydrogens is 383 g/mol. The summed E-state index contributed by atoms with van der Waals surface area (Å²) in [4.78, 5) is 12.7. The fraction of sp³-hybridized carbons (Fsp3) is 0.348. The van der Waals surface area contributed by atoms with E-state index in [2.05, 4.69) is 20.1 Å². The minimum Gasteiger partial charge on any atom is -0.478 e. The molecule has 2 heterocycles. The van der Waals surface area contributed by atoms with E-state index in [-0.39, 0.29) is 11.7 Å². The topological polar surface area (TPSA) is 69.0 Å². The highest BCUT2D eigenvalue weighted by molar-refractivity contribution is 5.97. The van der Waals surface area contributed by atoms with Gasteiger partial charge in [-0.05, 0) is 75.2 Å². The second-order valence-corrected chi connectivity index (χ2v) is 8.00. The van der Waals surface area contributed by atoms with E-state index in [1.165, 1.54) is 30.7 Å². The van der Waals surface area contributed by atoms with Crippen molar-refractivity contribution in [2.24, 2.45) is 0 Å². The average Bonchev–Trinajstić information content (AvgIpc) is 2.98. The summed E-state index contributed by atoms with van der Waals surface area (Å²) in [5.74, 6) is 1.69. The average molecular weight is 408 g/mol. The van der Waals surface area contributed by atoms with Crippen molar-refractivity contribution >= 4 is 11.6 Å². The van der Waals surface area contributed by atoms with Crippen LogP contribution in [-0.4, -0.2) is 26.3 Å². The van der Waals surface area contributed by atoms with Crippen molar-refractivity contribution < 1.29 is 13.9 Å². The number of halogens is 1. The maximum atomic E-state index is 13.1. The Balaban J connectivity index is 1.45. The summed E-state index contributed by atoms with van der Waals surface area (Å²) >= 11 is 0. The third-order valence-corrected chi connectivity index (χ3v) is 5.24. The number of nitrogens with one attached hydrogen (secondary N) is 1. The molecule has 0 radical (unpaired) electrons. The van der Waals surface area contributed by atoms with Crippen LogP contribution >= 0.6 is 0 Å². The van der Waals surface area contributed by atoms with E-state index in [0.29, 0.717) is 11.4 Å². The fourth-order valence-corrected chi connectivity index (χ4v) is 3.53. The molecular formula is C23H25FN4O2. The van der Waals surface area contributed by atoms with Crippen molar-refractivity contribution in [2.45, 2.75) is 51.7 Å². The molecule has 1 aliphatic rings. The second kappa shape index (κ2) is 8.26. The van der Waals surface area contributed by atoms with Crippen molar-refractivity contribution in [1.82, 2.24) is 14.8 Å². The van der Waals surface area contributed by atoms with Crippen molar-refractivity contribution in [1.29, 1.82) is 0 Å². The lowest BCUT2D eigenvalue weighted by Gasteiger charge is -2.25. The Bertz CT molecular complexity index is 1030. The predicted molar refractivity (Wildman–Crippen MR) is 113 cm³/mol. The van der Waals surface area contributed by atoms with Gasteiger partial charge < -0.3 is 14.6 Å². The normalized spacial score (nSPS) is 14.0. The number of anilines is 1. The zero-order chi connectivity index (χ0) is 21.1. The Hall–Kier alpha value is -3.22. The molecule has 0 spiro atoms. The highest BCUT2D eigenvalue weighted by Gasteiger charge is 2.30. The SMILES string of the molecule is CC(C)(Oc1ccc(F)cc1)C(=O)Nc1ccc(-c2nnc3n2CCCCC3)cc1. The lowest BCUT2D eigenvalue weighted by Crippen LogP contribution is -2.42. The third-order valence-electron chi connectivity index (χ3n) is 5.24. The van der Waals surface area contributed by atoms with Crippen molar-refractivity contribution in [3.05, 3.63) is 60.2 Å². The van der Waals surface area contributed by atoms with Crippen LogP contribution in [-0.2, 0) is 17.8 Å². The van der Waals surface area contributed by atoms with E-state index in [1.807, 2.05) is 24.3 Å². The molecule has 2 aromatic carbocycles. The molecule has 7 heteroatoms. The monoisotopic (exact) mass is 408 g/mol. The lowest BCUT2D eigenvalue weighted by molar-refractivity contribution is -0.128. The number of nitrogens with zero attached hydrogens (tertiary/aromatic N) is 3. The van der Waals surface area contributed by atoms with Crippen molar-refractivity contribution in [2.75, 3.05) is 5.32 Å². The van der Waals surface area contributed by atoms with Crippen LogP contribution in [0.25, 0.3) is 11.4 Å². The van der Waals surface area contributed by atoms with E-state index < -0.39 is 5.60 Å². The molecule has 0 atom stereocenters. The summed E-state index contributed by atoms with van der Waals surface area (Å²) in [6, 6.07) is 13.2. The third kappa shape index (κ3) is 4.35. The Labute approximate surface area is 175 Å². The number of aromatic nitrogens is 3. The molecule has 1 amide bonds. The van der Waals surface area contributed by atoms with E-state index in [4.69, 9.17) is 4.74 Å². The number of carbonyl (C=O) groups is 1. The van der Waals surface area contributed by atoms with Gasteiger partial charge in [-0.15, -0.1) is 10.2 Å². The molecule has 30 heavy (non-hydrogen) atoms. The summed E-state index contributed by atoms with van der Waals surface area (Å²) in [5.41, 5.74) is 0.506. The van der Waals surface area contributed by atoms with E-state index in [1.54, 1.807) is 13.8 Å². The fourth-order valence-electron chi connectivity index (χ4n) is 3.53. The molecule has 1 aromatic heterocycles. The quantitative estimate of drug-likeness (QED) is 0.670. The number of ether oxygens (including phenoxy) is 1. The number of hydrogen-bond donors (Lipinski definition) is 1. The molecule has 0 unspecified atom stereocenters. The van der Waals surface area contributed by atoms with Gasteiger partial charge in [0.05, 0.1) is 0 Å². The molecule has 0 saturated carbocycles. The summed E-state index contributed by atoms with van der Waals surface area (Å²) in [6.45, 7) is 4.28. The van der Waals surface area contributed by atoms with Gasteiger partial charge in [0.15, 0.2) is 11.4 Å². The number of fused-ring (bicyclic) bond motifs is 1. The van der Waals surface area contributed by atoms with Crippen molar-refractivity contribution in [3.8, 4) is 17.1 Å². The zero-order valence-corrected chi connectivity index (χ0v) is 17.2. The molecule has 0 bridgehead atoms. The number of rotatable bonds is 5. The first-order valence-corrected chi connectivity index (χ1v) is 10.2. The van der Waals surface area contributed by atoms with Crippen molar-refractivity contribution in [3.63, 3.8) is 0 Å². The second-order valence-electron chi connectivity index (χ2n) is 8.00. The molecule has 0 fully saturated rings. The Morgan fingerprint density at radius 3 is 2.50 bits per heavy atom. The Morgan fingerprint density at radius 2 is 1.77 bits per heavy atom. The molecule has 4 rings (SSSR count). The maximum absolute atomic E-state index is 13.1. The highest BCUT2D eigenvalue weighted by atomic mass is 19.1. The van der Waals surface area contributed by atoms with Gasteiger partial charge in [-0.3, -0.25) is 4.79 Å². The van der Waals surface area contributed by atoms with Crippen LogP contribution < -0.4 is 10.1 Å². The van der Waals surface area contributed by atoms with Gasteiger partial charge in [0, 0.05) is 24.2 Å². The lowest BCUT2D eigenvalue weighted by atomic mass is 10.1. The Kier molecular flexibility index (Phi) is 5.53. The summed E-state index contributed by atoms with van der Waals surface area (Å²) in [7, 11) is 0. The van der Waals surface area contributed by atoms with Gasteiger partial charge in [-0.25, -0.2) is 4.39 Å². The van der Waals surface area contributed by atoms with E-state index in [0.717, 1.165) is 43.0 Å². The minimum absolute atomic E-state index is 0.295. The Morgan fingerprint density at radius 1 is 1.03 bits per heavy atom. The molecule has 0 saturated heterocycles. The molecule has 156 valence electrons. The first-order chi connectivity index (χ1) is 14.4. The van der Waals surface area contributed by atoms with Gasteiger partial charge in [0.1, 0.15) is 17.4 Å². The number of amides is 1. The number of benzene rings is 2. The van der Waals surface area contributed by atoms with Gasteiger partial charge in [0.2, 0.25) is 0 Å². The van der Waals surface area contributed by atoms with E-state index >= 15 is 0 Å². The van der Waals surface area contributed by atoms with Gasteiger partial charge >= 0.3 is 0 Å². The summed E-state index contributed by atoms with van der Waals surface area (Å²) in [5, 5.41) is 11.6. The summed E-state index contributed by atoms with van der Waals surface area (Å²) in [6.07, 6.45) is 4.46. The standard InChI is InChI=1S/C23H25FN4O2/c1-23(2,30-19-13-9-17(24)10-14-19)22(29)25-18-11-7-16(8-12-18)21-27-26-20-6-4-3-5-15-28(20)21/h7-14H,3-6,15H2,1-2H3,(H,25,29). The van der Waals surface area contributed by atoms with Gasteiger partial charge in [-0.1, -0.05) is 6.42 Å². The number of carbonyl (C=O) groups excluding carboxylic acids is 1. The molecule has 1 N–H and O–H groups in total. The molecule has 1 aliphatic heterocycles. The minimum atomic E-state index is -1.12. The maximum Gasteiger partial charge on any atom is 0.267 e. The van der Waals surface area contributed by atoms with Crippen LogP contribution in [0, 0.1) is 5.82 Å². The van der Waals surface area contributed by atoms with E-state index in [9.17, 15) is 9.18 Å². The van der Waals surface area contributed by atoms with Crippen LogP contribution in [0.4, 0.5) is 10.1 Å². The summed E-state index contributed by atoms with van der Waals surface area (Å²) < 4.78 is 21.0. The predicted octanol–water partition coefficient (Wildman–Crippen LogP) is 4.61. The van der Waals surface area contributed by atoms with Crippen LogP contribution in [0.3, 0.4) is 0 Å². The highest BCUT2D eigenvalue weighted by Crippen LogP contribution is 2.25. The largest absolute Gasteiger partial charge is 0.478 e. The first-order valence-electron chi connectivity index (χ1n) is 10.2. The van der Waals surface area contributed by atoms with Crippen LogP contribution in [0.15, 0.2) is 48.5 Å². The van der Waals surface area contributed by atoms with Crippen LogP contribution in [0.5, 0.6) is 5.75 Å². The number of aryl methyl sites for hydroxylation is 1. The van der Waals surface area contributed by atoms with Crippen LogP contribution in [0.1, 0.15) is 38.9 Å². The molecule has 3 aromatic rings. The zero-order valence-electron chi connectivity index (χ0n) is 17.2.